The van der Waals surface area contributed by atoms with Gasteiger partial charge in [0.15, 0.2) is 5.41 Å². The molecule has 1 aromatic carbocycles. The highest BCUT2D eigenvalue weighted by atomic mass is 16.7. The highest BCUT2D eigenvalue weighted by Gasteiger charge is 2.62. The topological polar surface area (TPSA) is 102 Å². The minimum atomic E-state index is -1.70. The van der Waals surface area contributed by atoms with Crippen LogP contribution in [0.3, 0.4) is 0 Å². The first kappa shape index (κ1) is 15.2. The number of ether oxygens (including phenoxy) is 1. The molecule has 23 heavy (non-hydrogen) atoms. The maximum absolute atomic E-state index is 12.3. The van der Waals surface area contributed by atoms with Crippen molar-refractivity contribution in [2.24, 2.45) is 10.6 Å². The molecule has 1 fully saturated rings. The van der Waals surface area contributed by atoms with E-state index in [1.807, 2.05) is 6.07 Å². The Labute approximate surface area is 131 Å². The van der Waals surface area contributed by atoms with Gasteiger partial charge in [-0.05, 0) is 25.3 Å². The summed E-state index contributed by atoms with van der Waals surface area (Å²) >= 11 is 0. The van der Waals surface area contributed by atoms with E-state index < -0.39 is 28.9 Å². The van der Waals surface area contributed by atoms with E-state index in [9.17, 15) is 19.5 Å². The average Bonchev–Trinajstić information content (AvgIpc) is 3.30. The van der Waals surface area contributed by atoms with Gasteiger partial charge in [0.2, 0.25) is 0 Å². The summed E-state index contributed by atoms with van der Waals surface area (Å²) in [6.45, 7) is 1.52. The number of carboxylic acids is 1. The SMILES string of the molecule is CC1=NOC(=O)C1(Cc1ccccc1)OC(=O)C1(C(=O)O)CC1. The lowest BCUT2D eigenvalue weighted by molar-refractivity contribution is -0.178. The molecule has 0 aromatic heterocycles. The fourth-order valence-corrected chi connectivity index (χ4v) is 2.53. The first-order valence-corrected chi connectivity index (χ1v) is 7.18. The summed E-state index contributed by atoms with van der Waals surface area (Å²) in [6.07, 6.45) is 0.449. The van der Waals surface area contributed by atoms with E-state index in [1.54, 1.807) is 24.3 Å². The lowest BCUT2D eigenvalue weighted by Crippen LogP contribution is -2.50. The first-order chi connectivity index (χ1) is 10.9. The molecular weight excluding hydrogens is 302 g/mol. The molecule has 0 bridgehead atoms. The van der Waals surface area contributed by atoms with Crippen molar-refractivity contribution in [2.75, 3.05) is 0 Å². The van der Waals surface area contributed by atoms with E-state index in [-0.39, 0.29) is 25.0 Å². The molecule has 1 aromatic rings. The predicted octanol–water partition coefficient (Wildman–Crippen LogP) is 1.31. The Kier molecular flexibility index (Phi) is 3.43. The maximum atomic E-state index is 12.3. The van der Waals surface area contributed by atoms with Crippen LogP contribution in [-0.4, -0.2) is 34.3 Å². The zero-order valence-corrected chi connectivity index (χ0v) is 12.4. The van der Waals surface area contributed by atoms with E-state index in [1.165, 1.54) is 6.92 Å². The summed E-state index contributed by atoms with van der Waals surface area (Å²) < 4.78 is 5.39. The fourth-order valence-electron chi connectivity index (χ4n) is 2.53. The van der Waals surface area contributed by atoms with Crippen molar-refractivity contribution >= 4 is 23.6 Å². The number of nitrogens with zero attached hydrogens (tertiary/aromatic N) is 1. The molecule has 7 nitrogen and oxygen atoms in total. The summed E-state index contributed by atoms with van der Waals surface area (Å²) in [4.78, 5) is 40.5. The molecule has 120 valence electrons. The second-order valence-corrected chi connectivity index (χ2v) is 5.82. The highest BCUT2D eigenvalue weighted by molar-refractivity contribution is 6.14. The predicted molar refractivity (Wildman–Crippen MR) is 77.5 cm³/mol. The molecule has 3 rings (SSSR count). The van der Waals surface area contributed by atoms with Crippen molar-refractivity contribution < 1.29 is 29.1 Å². The minimum absolute atomic E-state index is 0.0451. The lowest BCUT2D eigenvalue weighted by Gasteiger charge is -2.26. The molecule has 1 atom stereocenters. The summed E-state index contributed by atoms with van der Waals surface area (Å²) in [5, 5.41) is 12.8. The van der Waals surface area contributed by atoms with E-state index in [4.69, 9.17) is 4.74 Å². The Balaban J connectivity index is 1.91. The number of carbonyl (C=O) groups excluding carboxylic acids is 2. The Hall–Kier alpha value is -2.70. The van der Waals surface area contributed by atoms with Crippen molar-refractivity contribution in [3.05, 3.63) is 35.9 Å². The zero-order chi connectivity index (χ0) is 16.7. The van der Waals surface area contributed by atoms with Gasteiger partial charge in [0.25, 0.3) is 5.60 Å². The van der Waals surface area contributed by atoms with Gasteiger partial charge in [-0.25, -0.2) is 4.79 Å². The zero-order valence-electron chi connectivity index (χ0n) is 12.4. The average molecular weight is 317 g/mol. The Morgan fingerprint density at radius 2 is 1.96 bits per heavy atom. The standard InChI is InChI=1S/C16H15NO6/c1-10-16(14(21)23-17-10,9-11-5-3-2-4-6-11)22-13(20)15(7-8-15)12(18)19/h2-6H,7-9H2,1H3,(H,18,19). The minimum Gasteiger partial charge on any atom is -0.480 e. The van der Waals surface area contributed by atoms with E-state index >= 15 is 0 Å². The van der Waals surface area contributed by atoms with Crippen LogP contribution in [0.4, 0.5) is 0 Å². The third-order valence-electron chi connectivity index (χ3n) is 4.29. The van der Waals surface area contributed by atoms with Gasteiger partial charge < -0.3 is 14.7 Å². The van der Waals surface area contributed by atoms with Crippen molar-refractivity contribution in [2.45, 2.75) is 31.8 Å². The van der Waals surface area contributed by atoms with Crippen molar-refractivity contribution in [3.8, 4) is 0 Å². The molecule has 1 saturated carbocycles. The molecule has 1 aliphatic heterocycles. The number of rotatable bonds is 5. The number of esters is 1. The van der Waals surface area contributed by atoms with E-state index in [0.29, 0.717) is 0 Å². The Bertz CT molecular complexity index is 707. The normalized spacial score (nSPS) is 24.6. The molecular formula is C16H15NO6. The molecule has 0 saturated heterocycles. The summed E-state index contributed by atoms with van der Waals surface area (Å²) in [5.74, 6) is -2.97. The summed E-state index contributed by atoms with van der Waals surface area (Å²) in [6, 6.07) is 8.95. The van der Waals surface area contributed by atoms with Gasteiger partial charge in [-0.3, -0.25) is 9.59 Å². The fraction of sp³-hybridized carbons (Fsp3) is 0.375. The Morgan fingerprint density at radius 3 is 2.43 bits per heavy atom. The maximum Gasteiger partial charge on any atom is 0.384 e. The van der Waals surface area contributed by atoms with Crippen molar-refractivity contribution in [1.82, 2.24) is 0 Å². The van der Waals surface area contributed by atoms with E-state index in [0.717, 1.165) is 5.56 Å². The summed E-state index contributed by atoms with van der Waals surface area (Å²) in [5.41, 5.74) is -2.31. The van der Waals surface area contributed by atoms with Crippen LogP contribution >= 0.6 is 0 Å². The number of carboxylic acid groups (broad SMARTS) is 1. The molecule has 0 amide bonds. The Morgan fingerprint density at radius 1 is 1.30 bits per heavy atom. The van der Waals surface area contributed by atoms with Gasteiger partial charge in [-0.2, -0.15) is 0 Å². The van der Waals surface area contributed by atoms with Crippen LogP contribution in [0.5, 0.6) is 0 Å². The first-order valence-electron chi connectivity index (χ1n) is 7.18. The van der Waals surface area contributed by atoms with Gasteiger partial charge in [0, 0.05) is 6.42 Å². The van der Waals surface area contributed by atoms with Crippen LogP contribution in [0.25, 0.3) is 0 Å². The van der Waals surface area contributed by atoms with Crippen LogP contribution in [0.15, 0.2) is 35.5 Å². The lowest BCUT2D eigenvalue weighted by atomic mass is 9.90. The number of hydrogen-bond acceptors (Lipinski definition) is 6. The summed E-state index contributed by atoms with van der Waals surface area (Å²) in [7, 11) is 0. The van der Waals surface area contributed by atoms with Crippen LogP contribution in [0.1, 0.15) is 25.3 Å². The van der Waals surface area contributed by atoms with Gasteiger partial charge in [0.05, 0.1) is 0 Å². The van der Waals surface area contributed by atoms with Crippen LogP contribution < -0.4 is 0 Å². The number of benzene rings is 1. The molecule has 7 heteroatoms. The molecule has 1 unspecified atom stereocenters. The van der Waals surface area contributed by atoms with Crippen LogP contribution in [-0.2, 0) is 30.4 Å². The van der Waals surface area contributed by atoms with Crippen LogP contribution in [0.2, 0.25) is 0 Å². The quantitative estimate of drug-likeness (QED) is 0.499. The second-order valence-electron chi connectivity index (χ2n) is 5.82. The molecule has 1 heterocycles. The molecule has 0 radical (unpaired) electrons. The van der Waals surface area contributed by atoms with Crippen molar-refractivity contribution in [3.63, 3.8) is 0 Å². The molecule has 2 aliphatic rings. The van der Waals surface area contributed by atoms with Gasteiger partial charge in [0.1, 0.15) is 5.71 Å². The monoisotopic (exact) mass is 317 g/mol. The molecule has 1 aliphatic carbocycles. The molecule has 1 N–H and O–H groups in total. The van der Waals surface area contributed by atoms with Crippen LogP contribution in [0, 0.1) is 5.41 Å². The number of aliphatic carboxylic acids is 1. The van der Waals surface area contributed by atoms with Crippen molar-refractivity contribution in [1.29, 1.82) is 0 Å². The smallest absolute Gasteiger partial charge is 0.384 e. The van der Waals surface area contributed by atoms with Gasteiger partial charge in [-0.15, -0.1) is 0 Å². The largest absolute Gasteiger partial charge is 0.480 e. The highest BCUT2D eigenvalue weighted by Crippen LogP contribution is 2.48. The van der Waals surface area contributed by atoms with Gasteiger partial charge >= 0.3 is 17.9 Å². The second kappa shape index (κ2) is 5.19. The third kappa shape index (κ3) is 2.38. The number of oxime groups is 1. The number of carbonyl (C=O) groups is 3. The van der Waals surface area contributed by atoms with Gasteiger partial charge in [-0.1, -0.05) is 35.5 Å². The van der Waals surface area contributed by atoms with E-state index in [2.05, 4.69) is 9.99 Å². The molecule has 0 spiro atoms. The number of hydrogen-bond donors (Lipinski definition) is 1. The third-order valence-corrected chi connectivity index (χ3v) is 4.29.